The van der Waals surface area contributed by atoms with E-state index in [9.17, 15) is 14.7 Å². The molecule has 188 valence electrons. The van der Waals surface area contributed by atoms with E-state index in [4.69, 9.17) is 4.74 Å². The first-order valence-corrected chi connectivity index (χ1v) is 12.7. The Balaban J connectivity index is 1.93. The molecule has 1 N–H and O–H groups in total. The van der Waals surface area contributed by atoms with Gasteiger partial charge in [0.05, 0.1) is 18.7 Å². The van der Waals surface area contributed by atoms with Crippen molar-refractivity contribution in [3.05, 3.63) is 71.3 Å². The van der Waals surface area contributed by atoms with Crippen molar-refractivity contribution in [2.45, 2.75) is 52.0 Å². The van der Waals surface area contributed by atoms with Crippen molar-refractivity contribution in [1.82, 2.24) is 9.80 Å². The normalized spacial score (nSPS) is 17.4. The van der Waals surface area contributed by atoms with Crippen LogP contribution in [0.2, 0.25) is 0 Å². The number of hydrogen-bond acceptors (Lipinski definition) is 5. The number of para-hydroxylation sites is 1. The molecule has 2 aromatic carbocycles. The van der Waals surface area contributed by atoms with Crippen LogP contribution in [0.3, 0.4) is 0 Å². The number of benzene rings is 2. The summed E-state index contributed by atoms with van der Waals surface area (Å²) in [5.41, 5.74) is 1.32. The lowest BCUT2D eigenvalue weighted by Crippen LogP contribution is -2.34. The molecule has 1 atom stereocenters. The van der Waals surface area contributed by atoms with Crippen LogP contribution in [-0.4, -0.2) is 59.9 Å². The molecule has 6 heteroatoms. The zero-order valence-electron chi connectivity index (χ0n) is 21.2. The zero-order valence-corrected chi connectivity index (χ0v) is 21.2. The molecule has 0 unspecified atom stereocenters. The summed E-state index contributed by atoms with van der Waals surface area (Å²) in [6.07, 6.45) is 5.32. The summed E-state index contributed by atoms with van der Waals surface area (Å²) in [7, 11) is 1.57. The molecule has 1 aliphatic heterocycles. The van der Waals surface area contributed by atoms with Gasteiger partial charge in [-0.1, -0.05) is 75.2 Å². The molecule has 1 saturated heterocycles. The van der Waals surface area contributed by atoms with Crippen molar-refractivity contribution in [3.8, 4) is 5.75 Å². The maximum Gasteiger partial charge on any atom is 0.295 e. The van der Waals surface area contributed by atoms with Crippen molar-refractivity contribution in [2.75, 3.05) is 33.3 Å². The van der Waals surface area contributed by atoms with Crippen LogP contribution in [-0.2, 0) is 9.59 Å². The van der Waals surface area contributed by atoms with Gasteiger partial charge in [-0.05, 0) is 45.0 Å². The van der Waals surface area contributed by atoms with Gasteiger partial charge in [-0.15, -0.1) is 0 Å². The quantitative estimate of drug-likeness (QED) is 0.237. The third kappa shape index (κ3) is 6.31. The number of aliphatic hydroxyl groups excluding tert-OH is 1. The first-order chi connectivity index (χ1) is 17.0. The van der Waals surface area contributed by atoms with Gasteiger partial charge in [0.25, 0.3) is 11.7 Å². The SMILES string of the molecule is CCCCN(CCCC)CCCN1C(=O)C(=O)C(=C(O)c2ccccc2)[C@H]1c1ccccc1OC. The Bertz CT molecular complexity index is 1010. The summed E-state index contributed by atoms with van der Waals surface area (Å²) in [4.78, 5) is 30.5. The largest absolute Gasteiger partial charge is 0.507 e. The number of aliphatic hydroxyl groups is 1. The van der Waals surface area contributed by atoms with E-state index in [1.54, 1.807) is 36.3 Å². The molecule has 6 nitrogen and oxygen atoms in total. The van der Waals surface area contributed by atoms with E-state index in [-0.39, 0.29) is 11.3 Å². The van der Waals surface area contributed by atoms with E-state index in [2.05, 4.69) is 18.7 Å². The van der Waals surface area contributed by atoms with Gasteiger partial charge in [0.2, 0.25) is 0 Å². The third-order valence-corrected chi connectivity index (χ3v) is 6.55. The highest BCUT2D eigenvalue weighted by atomic mass is 16.5. The van der Waals surface area contributed by atoms with Gasteiger partial charge in [-0.25, -0.2) is 0 Å². The van der Waals surface area contributed by atoms with Gasteiger partial charge in [0.1, 0.15) is 11.5 Å². The number of carbonyl (C=O) groups is 2. The number of ether oxygens (including phenoxy) is 1. The Morgan fingerprint density at radius 3 is 2.14 bits per heavy atom. The highest BCUT2D eigenvalue weighted by molar-refractivity contribution is 6.46. The topological polar surface area (TPSA) is 70.1 Å². The number of hydrogen-bond donors (Lipinski definition) is 1. The summed E-state index contributed by atoms with van der Waals surface area (Å²) < 4.78 is 5.58. The molecule has 1 fully saturated rings. The minimum atomic E-state index is -0.703. The van der Waals surface area contributed by atoms with E-state index in [0.29, 0.717) is 23.4 Å². The molecule has 0 radical (unpaired) electrons. The first kappa shape index (κ1) is 26.5. The Morgan fingerprint density at radius 1 is 0.914 bits per heavy atom. The van der Waals surface area contributed by atoms with Crippen LogP contribution in [0.4, 0.5) is 0 Å². The van der Waals surface area contributed by atoms with Gasteiger partial charge < -0.3 is 19.6 Å². The number of likely N-dealkylation sites (tertiary alicyclic amines) is 1. The summed E-state index contributed by atoms with van der Waals surface area (Å²) in [5.74, 6) is -0.811. The van der Waals surface area contributed by atoms with Gasteiger partial charge in [-0.2, -0.15) is 0 Å². The molecule has 0 aliphatic carbocycles. The second-order valence-electron chi connectivity index (χ2n) is 9.00. The lowest BCUT2D eigenvalue weighted by molar-refractivity contribution is -0.140. The van der Waals surface area contributed by atoms with E-state index in [1.165, 1.54) is 0 Å². The van der Waals surface area contributed by atoms with Crippen molar-refractivity contribution in [1.29, 1.82) is 0 Å². The van der Waals surface area contributed by atoms with Crippen LogP contribution in [0.25, 0.3) is 5.76 Å². The predicted octanol–water partition coefficient (Wildman–Crippen LogP) is 5.41. The number of nitrogens with zero attached hydrogens (tertiary/aromatic N) is 2. The smallest absolute Gasteiger partial charge is 0.295 e. The molecule has 1 amide bonds. The Kier molecular flexibility index (Phi) is 9.91. The Hall–Kier alpha value is -3.12. The summed E-state index contributed by atoms with van der Waals surface area (Å²) in [5, 5.41) is 11.2. The predicted molar refractivity (Wildman–Crippen MR) is 139 cm³/mol. The standard InChI is InChI=1S/C29H38N2O4/c1-4-6-18-30(19-7-5-2)20-13-21-31-26(23-16-11-12-17-24(23)35-3)25(28(33)29(31)34)27(32)22-14-9-8-10-15-22/h8-12,14-17,26,32H,4-7,13,18-21H2,1-3H3/t26-/m1/s1. The average molecular weight is 479 g/mol. The fourth-order valence-electron chi connectivity index (χ4n) is 4.64. The highest BCUT2D eigenvalue weighted by Gasteiger charge is 2.46. The zero-order chi connectivity index (χ0) is 25.2. The molecule has 3 rings (SSSR count). The second kappa shape index (κ2) is 13.1. The van der Waals surface area contributed by atoms with E-state index >= 15 is 0 Å². The number of amides is 1. The molecule has 0 bridgehead atoms. The van der Waals surface area contributed by atoms with Gasteiger partial charge in [0, 0.05) is 17.7 Å². The third-order valence-electron chi connectivity index (χ3n) is 6.55. The van der Waals surface area contributed by atoms with Crippen LogP contribution in [0.5, 0.6) is 5.75 Å². The van der Waals surface area contributed by atoms with E-state index in [1.807, 2.05) is 30.3 Å². The van der Waals surface area contributed by atoms with E-state index in [0.717, 1.165) is 51.7 Å². The summed E-state index contributed by atoms with van der Waals surface area (Å²) in [6, 6.07) is 15.6. The lowest BCUT2D eigenvalue weighted by atomic mass is 9.94. The fourth-order valence-corrected chi connectivity index (χ4v) is 4.64. The fraction of sp³-hybridized carbons (Fsp3) is 0.448. The summed E-state index contributed by atoms with van der Waals surface area (Å²) >= 11 is 0. The number of ketones is 1. The van der Waals surface area contributed by atoms with Crippen molar-refractivity contribution in [2.24, 2.45) is 0 Å². The number of methoxy groups -OCH3 is 1. The first-order valence-electron chi connectivity index (χ1n) is 12.7. The maximum absolute atomic E-state index is 13.2. The van der Waals surface area contributed by atoms with Crippen molar-refractivity contribution in [3.63, 3.8) is 0 Å². The maximum atomic E-state index is 13.2. The molecule has 0 spiro atoms. The molecule has 1 heterocycles. The molecule has 0 saturated carbocycles. The van der Waals surface area contributed by atoms with E-state index < -0.39 is 17.7 Å². The van der Waals surface area contributed by atoms with Crippen molar-refractivity contribution >= 4 is 17.4 Å². The molecule has 2 aromatic rings. The molecular formula is C29H38N2O4. The van der Waals surface area contributed by atoms with Crippen molar-refractivity contribution < 1.29 is 19.4 Å². The van der Waals surface area contributed by atoms with Gasteiger partial charge >= 0.3 is 0 Å². The molecule has 0 aromatic heterocycles. The van der Waals surface area contributed by atoms with Crippen LogP contribution in [0.1, 0.15) is 63.1 Å². The molecule has 35 heavy (non-hydrogen) atoms. The average Bonchev–Trinajstić information content (AvgIpc) is 3.14. The number of carbonyl (C=O) groups excluding carboxylic acids is 2. The number of rotatable bonds is 13. The number of unbranched alkanes of at least 4 members (excludes halogenated alkanes) is 2. The van der Waals surface area contributed by atoms with Gasteiger partial charge in [0.15, 0.2) is 0 Å². The highest BCUT2D eigenvalue weighted by Crippen LogP contribution is 2.42. The monoisotopic (exact) mass is 478 g/mol. The Morgan fingerprint density at radius 2 is 1.51 bits per heavy atom. The van der Waals surface area contributed by atoms with Crippen LogP contribution in [0, 0.1) is 0 Å². The van der Waals surface area contributed by atoms with Crippen LogP contribution >= 0.6 is 0 Å². The Labute approximate surface area is 209 Å². The lowest BCUT2D eigenvalue weighted by Gasteiger charge is -2.28. The number of Topliss-reactive ketones (excluding diaryl/α,β-unsaturated/α-hetero) is 1. The minimum Gasteiger partial charge on any atom is -0.507 e. The summed E-state index contributed by atoms with van der Waals surface area (Å²) in [6.45, 7) is 7.75. The van der Waals surface area contributed by atoms with Crippen LogP contribution < -0.4 is 4.74 Å². The molecular weight excluding hydrogens is 440 g/mol. The van der Waals surface area contributed by atoms with Crippen LogP contribution in [0.15, 0.2) is 60.2 Å². The van der Waals surface area contributed by atoms with Gasteiger partial charge in [-0.3, -0.25) is 9.59 Å². The minimum absolute atomic E-state index is 0.111. The second-order valence-corrected chi connectivity index (χ2v) is 9.00. The molecule has 1 aliphatic rings.